The van der Waals surface area contributed by atoms with E-state index in [1.54, 1.807) is 30.3 Å². The number of carboxylic acid groups (broad SMARTS) is 1. The third-order valence-corrected chi connectivity index (χ3v) is 6.18. The van der Waals surface area contributed by atoms with Gasteiger partial charge in [0, 0.05) is 22.9 Å². The molecule has 1 aromatic heterocycles. The molecule has 1 heterocycles. The molecule has 28 heavy (non-hydrogen) atoms. The Morgan fingerprint density at radius 2 is 1.32 bits per heavy atom. The molecule has 0 aliphatic carbocycles. The Morgan fingerprint density at radius 1 is 0.821 bits per heavy atom. The van der Waals surface area contributed by atoms with E-state index in [2.05, 4.69) is 4.98 Å². The molecule has 0 radical (unpaired) electrons. The molecule has 2 aromatic carbocycles. The minimum atomic E-state index is -1.05. The van der Waals surface area contributed by atoms with Gasteiger partial charge in [-0.1, -0.05) is 69.6 Å². The lowest BCUT2D eigenvalue weighted by molar-refractivity contribution is -0.136. The van der Waals surface area contributed by atoms with E-state index in [9.17, 15) is 9.90 Å². The number of rotatable bonds is 4. The third kappa shape index (κ3) is 4.20. The Labute approximate surface area is 190 Å². The van der Waals surface area contributed by atoms with Crippen LogP contribution in [-0.2, 0) is 11.2 Å². The molecular weight excluding hydrogens is 487 g/mol. The summed E-state index contributed by atoms with van der Waals surface area (Å²) >= 11 is 37.3. The van der Waals surface area contributed by atoms with E-state index in [1.807, 2.05) is 0 Å². The Bertz CT molecular complexity index is 1100. The first-order valence-electron chi connectivity index (χ1n) is 7.69. The van der Waals surface area contributed by atoms with Crippen molar-refractivity contribution in [1.82, 2.24) is 4.98 Å². The number of hydrogen-bond acceptors (Lipinski definition) is 2. The summed E-state index contributed by atoms with van der Waals surface area (Å²) in [6.07, 6.45) is 1.16. The maximum Gasteiger partial charge on any atom is 0.307 e. The average Bonchev–Trinajstić information content (AvgIpc) is 2.63. The smallest absolute Gasteiger partial charge is 0.307 e. The lowest BCUT2D eigenvalue weighted by atomic mass is 9.97. The van der Waals surface area contributed by atoms with Gasteiger partial charge in [0.2, 0.25) is 0 Å². The third-order valence-electron chi connectivity index (χ3n) is 3.94. The molecule has 0 bridgehead atoms. The topological polar surface area (TPSA) is 50.2 Å². The number of benzene rings is 2. The molecule has 3 rings (SSSR count). The molecule has 0 saturated carbocycles. The second kappa shape index (κ2) is 8.66. The van der Waals surface area contributed by atoms with Gasteiger partial charge in [-0.3, -0.25) is 9.78 Å². The first kappa shape index (κ1) is 21.5. The van der Waals surface area contributed by atoms with Crippen molar-refractivity contribution in [2.75, 3.05) is 0 Å². The second-order valence-corrected chi connectivity index (χ2v) is 8.12. The Kier molecular flexibility index (Phi) is 6.65. The number of carbonyl (C=O) groups is 1. The van der Waals surface area contributed by atoms with Gasteiger partial charge in [-0.15, -0.1) is 0 Å². The van der Waals surface area contributed by atoms with E-state index in [1.165, 1.54) is 6.20 Å². The first-order chi connectivity index (χ1) is 13.2. The molecule has 0 atom stereocenters. The van der Waals surface area contributed by atoms with Gasteiger partial charge in [0.05, 0.1) is 42.3 Å². The molecule has 0 spiro atoms. The van der Waals surface area contributed by atoms with Crippen LogP contribution in [-0.4, -0.2) is 16.1 Å². The van der Waals surface area contributed by atoms with Crippen molar-refractivity contribution in [1.29, 1.82) is 0 Å². The lowest BCUT2D eigenvalue weighted by Crippen LogP contribution is -2.04. The summed E-state index contributed by atoms with van der Waals surface area (Å²) in [5.41, 5.74) is 2.02. The summed E-state index contributed by atoms with van der Waals surface area (Å²) in [6, 6.07) is 7.85. The fourth-order valence-electron chi connectivity index (χ4n) is 2.70. The molecule has 0 aliphatic rings. The van der Waals surface area contributed by atoms with Crippen LogP contribution in [0, 0.1) is 0 Å². The number of halogens is 6. The Morgan fingerprint density at radius 3 is 1.89 bits per heavy atom. The molecule has 0 unspecified atom stereocenters. The molecule has 3 aromatic rings. The van der Waals surface area contributed by atoms with E-state index < -0.39 is 5.97 Å². The van der Waals surface area contributed by atoms with Crippen LogP contribution in [0.5, 0.6) is 0 Å². The van der Waals surface area contributed by atoms with E-state index in [-0.39, 0.29) is 21.5 Å². The number of aromatic nitrogens is 1. The maximum atomic E-state index is 11.4. The molecule has 3 nitrogen and oxygen atoms in total. The zero-order valence-electron chi connectivity index (χ0n) is 13.7. The van der Waals surface area contributed by atoms with Gasteiger partial charge >= 0.3 is 5.97 Å². The zero-order chi connectivity index (χ0) is 20.6. The van der Waals surface area contributed by atoms with Crippen LogP contribution >= 0.6 is 69.6 Å². The number of aliphatic carboxylic acids is 1. The monoisotopic (exact) mass is 493 g/mol. The fraction of sp³-hybridized carbons (Fsp3) is 0.0526. The normalized spacial score (nSPS) is 10.9. The van der Waals surface area contributed by atoms with Gasteiger partial charge in [-0.25, -0.2) is 0 Å². The predicted molar refractivity (Wildman–Crippen MR) is 117 cm³/mol. The van der Waals surface area contributed by atoms with Crippen molar-refractivity contribution < 1.29 is 9.90 Å². The minimum absolute atomic E-state index is 0.203. The van der Waals surface area contributed by atoms with Crippen molar-refractivity contribution in [3.05, 3.63) is 72.2 Å². The van der Waals surface area contributed by atoms with E-state index in [4.69, 9.17) is 69.6 Å². The van der Waals surface area contributed by atoms with Gasteiger partial charge in [-0.05, 0) is 35.9 Å². The summed E-state index contributed by atoms with van der Waals surface area (Å²) in [7, 11) is 0. The van der Waals surface area contributed by atoms with Crippen LogP contribution in [0.1, 0.15) is 5.56 Å². The Balaban J connectivity index is 2.28. The minimum Gasteiger partial charge on any atom is -0.481 e. The molecule has 0 saturated heterocycles. The van der Waals surface area contributed by atoms with Crippen molar-refractivity contribution in [3.63, 3.8) is 0 Å². The molecule has 1 N–H and O–H groups in total. The first-order valence-corrected chi connectivity index (χ1v) is 9.96. The molecule has 0 aliphatic heterocycles. The van der Waals surface area contributed by atoms with Crippen molar-refractivity contribution in [3.8, 4) is 22.4 Å². The number of pyridine rings is 1. The molecule has 144 valence electrons. The van der Waals surface area contributed by atoms with Crippen LogP contribution in [0.15, 0.2) is 36.5 Å². The second-order valence-electron chi connectivity index (χ2n) is 5.73. The highest BCUT2D eigenvalue weighted by atomic mass is 35.5. The predicted octanol–water partition coefficient (Wildman–Crippen LogP) is 7.96. The van der Waals surface area contributed by atoms with Gasteiger partial charge < -0.3 is 5.11 Å². The van der Waals surface area contributed by atoms with Gasteiger partial charge in [-0.2, -0.15) is 0 Å². The number of nitrogens with zero attached hydrogens (tertiary/aromatic N) is 1. The van der Waals surface area contributed by atoms with E-state index in [0.717, 1.165) is 0 Å². The van der Waals surface area contributed by atoms with Crippen LogP contribution in [0.25, 0.3) is 22.4 Å². The molecular formula is C19H9Cl6NO2. The molecule has 0 fully saturated rings. The van der Waals surface area contributed by atoms with E-state index >= 15 is 0 Å². The average molecular weight is 496 g/mol. The SMILES string of the molecule is O=C(O)Cc1cc(-c2c(Cl)ccc(Cl)c2Cl)ncc1-c1c(Cl)ccc(Cl)c1Cl. The molecule has 0 amide bonds. The van der Waals surface area contributed by atoms with Gasteiger partial charge in [0.15, 0.2) is 0 Å². The Hall–Kier alpha value is -1.20. The maximum absolute atomic E-state index is 11.4. The van der Waals surface area contributed by atoms with Crippen LogP contribution in [0.2, 0.25) is 30.1 Å². The largest absolute Gasteiger partial charge is 0.481 e. The molecule has 9 heteroatoms. The van der Waals surface area contributed by atoms with E-state index in [0.29, 0.717) is 43.0 Å². The van der Waals surface area contributed by atoms with Crippen molar-refractivity contribution in [2.24, 2.45) is 0 Å². The summed E-state index contributed by atoms with van der Waals surface area (Å²) in [5.74, 6) is -1.05. The fourth-order valence-corrected chi connectivity index (χ4v) is 4.16. The summed E-state index contributed by atoms with van der Waals surface area (Å²) < 4.78 is 0. The van der Waals surface area contributed by atoms with Crippen molar-refractivity contribution >= 4 is 75.6 Å². The summed E-state index contributed by atoms with van der Waals surface area (Å²) in [6.45, 7) is 0. The summed E-state index contributed by atoms with van der Waals surface area (Å²) in [5, 5.41) is 11.0. The van der Waals surface area contributed by atoms with Crippen LogP contribution in [0.3, 0.4) is 0 Å². The standard InChI is InChI=1S/C19H9Cl6NO2/c20-10-1-3-12(22)18(24)16(10)9-7-26-14(5-8(9)6-15(27)28)17-11(21)2-4-13(23)19(17)25/h1-5,7H,6H2,(H,27,28). The van der Waals surface area contributed by atoms with Crippen LogP contribution in [0.4, 0.5) is 0 Å². The zero-order valence-corrected chi connectivity index (χ0v) is 18.3. The highest BCUT2D eigenvalue weighted by Gasteiger charge is 2.20. The lowest BCUT2D eigenvalue weighted by Gasteiger charge is -2.15. The number of hydrogen-bond donors (Lipinski definition) is 1. The number of carboxylic acids is 1. The van der Waals surface area contributed by atoms with Crippen molar-refractivity contribution in [2.45, 2.75) is 6.42 Å². The van der Waals surface area contributed by atoms with Gasteiger partial charge in [0.25, 0.3) is 0 Å². The van der Waals surface area contributed by atoms with Gasteiger partial charge in [0.1, 0.15) is 0 Å². The van der Waals surface area contributed by atoms with Crippen LogP contribution < -0.4 is 0 Å². The quantitative estimate of drug-likeness (QED) is 0.373. The summed E-state index contributed by atoms with van der Waals surface area (Å²) in [4.78, 5) is 15.8. The highest BCUT2D eigenvalue weighted by Crippen LogP contribution is 2.43. The highest BCUT2D eigenvalue weighted by molar-refractivity contribution is 6.47.